The number of carboxylic acids is 3. The number of aromatic amines is 2. The second-order valence-corrected chi connectivity index (χ2v) is 11.9. The topological polar surface area (TPSA) is 271 Å². The first-order valence-electron chi connectivity index (χ1n) is 16.9. The molecule has 17 nitrogen and oxygen atoms in total. The van der Waals surface area contributed by atoms with Crippen LogP contribution in [-0.2, 0) is 54.7 Å². The first kappa shape index (κ1) is 42.8. The van der Waals surface area contributed by atoms with Gasteiger partial charge >= 0.3 is 17.9 Å². The van der Waals surface area contributed by atoms with Crippen molar-refractivity contribution < 1.29 is 48.8 Å². The van der Waals surface area contributed by atoms with Crippen molar-refractivity contribution in [3.63, 3.8) is 0 Å². The zero-order valence-corrected chi connectivity index (χ0v) is 30.0. The fraction of sp³-hybridized carbons (Fsp3) is 0.263. The van der Waals surface area contributed by atoms with Gasteiger partial charge in [-0.2, -0.15) is 0 Å². The summed E-state index contributed by atoms with van der Waals surface area (Å²) < 4.78 is 10.4. The molecule has 2 heterocycles. The summed E-state index contributed by atoms with van der Waals surface area (Å²) >= 11 is 0. The van der Waals surface area contributed by atoms with Gasteiger partial charge in [0.25, 0.3) is 0 Å². The predicted octanol–water partition coefficient (Wildman–Crippen LogP) is 2.19. The number of ether oxygens (including phenoxy) is 2. The number of aliphatic carboxylic acids is 3. The molecule has 0 saturated heterocycles. The molecule has 0 fully saturated rings. The van der Waals surface area contributed by atoms with Crippen molar-refractivity contribution in [2.45, 2.75) is 50.5 Å². The van der Waals surface area contributed by atoms with Crippen molar-refractivity contribution in [2.75, 3.05) is 13.8 Å². The maximum Gasteiger partial charge on any atom is 0.326 e. The van der Waals surface area contributed by atoms with Crippen LogP contribution in [0.2, 0.25) is 0 Å². The fourth-order valence-corrected chi connectivity index (χ4v) is 5.01. The van der Waals surface area contributed by atoms with E-state index in [0.29, 0.717) is 31.7 Å². The van der Waals surface area contributed by atoms with E-state index in [9.17, 15) is 29.1 Å². The summed E-state index contributed by atoms with van der Waals surface area (Å²) in [6, 6.07) is 22.4. The summed E-state index contributed by atoms with van der Waals surface area (Å²) in [6.45, 7) is 0.902. The third kappa shape index (κ3) is 15.5. The number of hydrogen-bond donors (Lipinski definition) is 9. The number of hydrogen-bond acceptors (Lipinski definition) is 10. The number of imidazole rings is 1. The SMILES string of the molecule is COc1ccc(CN[C@@H](Cc2c[nH]c3ccccc23)C(=O)O)cc1.NC(=O)C[C@H](NCOCc1ccccc1)C(=O)O.O=CN[C@@H](Cc1c[nH]cn1)C(=O)O. The molecule has 292 valence electrons. The normalized spacial score (nSPS) is 12.1. The van der Waals surface area contributed by atoms with Gasteiger partial charge in [0.05, 0.1) is 38.9 Å². The van der Waals surface area contributed by atoms with E-state index in [4.69, 9.17) is 25.4 Å². The van der Waals surface area contributed by atoms with Gasteiger partial charge in [0.15, 0.2) is 0 Å². The molecule has 0 aliphatic heterocycles. The highest BCUT2D eigenvalue weighted by molar-refractivity contribution is 5.84. The Kier molecular flexibility index (Phi) is 18.1. The van der Waals surface area contributed by atoms with Crippen LogP contribution < -0.4 is 26.4 Å². The standard InChI is InChI=1S/C19H20N2O3.C12H16N2O4.C7H9N3O3/c1-24-15-8-6-13(7-9-15)11-20-18(19(22)23)10-14-12-21-17-5-3-2-4-16(14)17;13-11(15)6-10(12(16)17)14-8-18-7-9-4-2-1-3-5-9;11-4-10-6(7(12)13)1-5-2-8-3-9-5/h2-9,12,18,20-21H,10-11H2,1H3,(H,22,23);1-5,10,14H,6-8H2,(H2,13,15)(H,16,17);2-4,6H,1H2,(H,8,9)(H,10,11)(H,12,13)/t18-;10-;6-/m000/s1. The predicted molar refractivity (Wildman–Crippen MR) is 201 cm³/mol. The Hall–Kier alpha value is -6.56. The largest absolute Gasteiger partial charge is 0.497 e. The molecule has 5 aromatic rings. The number of amides is 2. The highest BCUT2D eigenvalue weighted by Crippen LogP contribution is 2.19. The van der Waals surface area contributed by atoms with Crippen molar-refractivity contribution in [1.82, 2.24) is 30.9 Å². The third-order valence-corrected chi connectivity index (χ3v) is 7.89. The lowest BCUT2D eigenvalue weighted by Crippen LogP contribution is -2.41. The Morgan fingerprint density at radius 1 is 0.818 bits per heavy atom. The van der Waals surface area contributed by atoms with Gasteiger partial charge < -0.3 is 51.1 Å². The van der Waals surface area contributed by atoms with E-state index in [1.165, 1.54) is 6.33 Å². The van der Waals surface area contributed by atoms with Gasteiger partial charge in [0.1, 0.15) is 23.9 Å². The molecule has 2 aromatic heterocycles. The third-order valence-electron chi connectivity index (χ3n) is 7.89. The van der Waals surface area contributed by atoms with E-state index in [2.05, 4.69) is 30.9 Å². The van der Waals surface area contributed by atoms with E-state index in [-0.39, 0.29) is 19.6 Å². The lowest BCUT2D eigenvalue weighted by Gasteiger charge is -2.14. The molecule has 3 aromatic carbocycles. The number of primary amides is 1. The second-order valence-electron chi connectivity index (χ2n) is 11.9. The Bertz CT molecular complexity index is 1920. The number of nitrogens with two attached hydrogens (primary N) is 1. The number of benzene rings is 3. The second kappa shape index (κ2) is 23.2. The molecule has 0 spiro atoms. The first-order valence-corrected chi connectivity index (χ1v) is 16.9. The number of para-hydroxylation sites is 1. The molecule has 0 bridgehead atoms. The molecule has 0 radical (unpaired) electrons. The zero-order chi connectivity index (χ0) is 40.0. The summed E-state index contributed by atoms with van der Waals surface area (Å²) in [5, 5.41) is 35.9. The van der Waals surface area contributed by atoms with Crippen LogP contribution in [0.4, 0.5) is 0 Å². The summed E-state index contributed by atoms with van der Waals surface area (Å²) in [5.41, 5.74) is 9.56. The molecule has 0 unspecified atom stereocenters. The number of carboxylic acid groups (broad SMARTS) is 3. The van der Waals surface area contributed by atoms with Gasteiger partial charge in [-0.1, -0.05) is 60.7 Å². The molecular formula is C38H45N7O10. The highest BCUT2D eigenvalue weighted by Gasteiger charge is 2.20. The van der Waals surface area contributed by atoms with E-state index in [1.54, 1.807) is 13.3 Å². The number of aromatic nitrogens is 3. The van der Waals surface area contributed by atoms with E-state index >= 15 is 0 Å². The van der Waals surface area contributed by atoms with Gasteiger partial charge in [0.2, 0.25) is 12.3 Å². The van der Waals surface area contributed by atoms with Gasteiger partial charge in [-0.05, 0) is 34.9 Å². The Morgan fingerprint density at radius 2 is 1.49 bits per heavy atom. The number of nitrogens with one attached hydrogen (secondary N) is 5. The van der Waals surface area contributed by atoms with Gasteiger partial charge in [0, 0.05) is 42.7 Å². The summed E-state index contributed by atoms with van der Waals surface area (Å²) in [5.74, 6) is -2.94. The fourth-order valence-electron chi connectivity index (χ4n) is 5.01. The van der Waals surface area contributed by atoms with Crippen molar-refractivity contribution >= 4 is 41.1 Å². The first-order chi connectivity index (χ1) is 26.5. The Balaban J connectivity index is 0.000000233. The summed E-state index contributed by atoms with van der Waals surface area (Å²) in [6.07, 6.45) is 5.63. The number of fused-ring (bicyclic) bond motifs is 1. The number of rotatable bonds is 20. The lowest BCUT2D eigenvalue weighted by atomic mass is 10.0. The van der Waals surface area contributed by atoms with Crippen LogP contribution >= 0.6 is 0 Å². The smallest absolute Gasteiger partial charge is 0.326 e. The Morgan fingerprint density at radius 3 is 2.09 bits per heavy atom. The van der Waals surface area contributed by atoms with E-state index in [0.717, 1.165) is 33.3 Å². The minimum Gasteiger partial charge on any atom is -0.497 e. The van der Waals surface area contributed by atoms with Gasteiger partial charge in [-0.3, -0.25) is 24.5 Å². The van der Waals surface area contributed by atoms with Crippen LogP contribution in [-0.4, -0.2) is 92.5 Å². The molecule has 55 heavy (non-hydrogen) atoms. The number of methoxy groups -OCH3 is 1. The van der Waals surface area contributed by atoms with Crippen LogP contribution in [0.3, 0.4) is 0 Å². The molecule has 2 amide bonds. The van der Waals surface area contributed by atoms with E-state index < -0.39 is 41.9 Å². The highest BCUT2D eigenvalue weighted by atomic mass is 16.5. The van der Waals surface area contributed by atoms with Crippen LogP contribution in [0.15, 0.2) is 97.6 Å². The minimum atomic E-state index is -1.13. The average Bonchev–Trinajstić information content (AvgIpc) is 3.85. The molecule has 5 rings (SSSR count). The van der Waals surface area contributed by atoms with Crippen molar-refractivity contribution in [3.8, 4) is 5.75 Å². The number of carbonyl (C=O) groups excluding carboxylic acids is 2. The van der Waals surface area contributed by atoms with Crippen LogP contribution in [0, 0.1) is 0 Å². The number of H-pyrrole nitrogens is 2. The molecule has 10 N–H and O–H groups in total. The van der Waals surface area contributed by atoms with Crippen LogP contribution in [0.5, 0.6) is 5.75 Å². The van der Waals surface area contributed by atoms with Crippen molar-refractivity contribution in [1.29, 1.82) is 0 Å². The maximum atomic E-state index is 11.6. The maximum absolute atomic E-state index is 11.6. The molecule has 0 saturated carbocycles. The molecule has 3 atom stereocenters. The monoisotopic (exact) mass is 759 g/mol. The van der Waals surface area contributed by atoms with E-state index in [1.807, 2.05) is 85.1 Å². The number of carbonyl (C=O) groups is 5. The average molecular weight is 760 g/mol. The lowest BCUT2D eigenvalue weighted by molar-refractivity contribution is -0.142. The summed E-state index contributed by atoms with van der Waals surface area (Å²) in [4.78, 5) is 63.3. The van der Waals surface area contributed by atoms with Crippen LogP contribution in [0.1, 0.15) is 28.8 Å². The van der Waals surface area contributed by atoms with Crippen molar-refractivity contribution in [2.24, 2.45) is 5.73 Å². The zero-order valence-electron chi connectivity index (χ0n) is 30.0. The molecule has 17 heteroatoms. The quantitative estimate of drug-likeness (QED) is 0.0313. The van der Waals surface area contributed by atoms with Crippen LogP contribution in [0.25, 0.3) is 10.9 Å². The molecule has 0 aliphatic carbocycles. The minimum absolute atomic E-state index is 0.0408. The number of nitrogens with zero attached hydrogens (tertiary/aromatic N) is 1. The van der Waals surface area contributed by atoms with Gasteiger partial charge in [-0.15, -0.1) is 0 Å². The van der Waals surface area contributed by atoms with Crippen molar-refractivity contribution in [3.05, 3.63) is 120 Å². The van der Waals surface area contributed by atoms with Gasteiger partial charge in [-0.25, -0.2) is 9.78 Å². The Labute approximate surface area is 316 Å². The summed E-state index contributed by atoms with van der Waals surface area (Å²) in [7, 11) is 1.62. The molecule has 0 aliphatic rings. The molecular weight excluding hydrogens is 714 g/mol.